The third-order valence-corrected chi connectivity index (χ3v) is 3.35. The van der Waals surface area contributed by atoms with Crippen molar-refractivity contribution in [1.29, 1.82) is 0 Å². The van der Waals surface area contributed by atoms with E-state index >= 15 is 0 Å². The van der Waals surface area contributed by atoms with Crippen molar-refractivity contribution >= 4 is 5.91 Å². The summed E-state index contributed by atoms with van der Waals surface area (Å²) in [5.41, 5.74) is 2.09. The molecular weight excluding hydrogens is 290 g/mol. The van der Waals surface area contributed by atoms with Gasteiger partial charge < -0.3 is 14.8 Å². The van der Waals surface area contributed by atoms with Crippen LogP contribution < -0.4 is 14.8 Å². The van der Waals surface area contributed by atoms with E-state index < -0.39 is 6.10 Å². The Hall–Kier alpha value is -2.49. The van der Waals surface area contributed by atoms with Crippen molar-refractivity contribution in [2.24, 2.45) is 0 Å². The Morgan fingerprint density at radius 1 is 1.13 bits per heavy atom. The predicted molar refractivity (Wildman–Crippen MR) is 90.7 cm³/mol. The van der Waals surface area contributed by atoms with E-state index in [2.05, 4.69) is 5.32 Å². The third kappa shape index (κ3) is 5.33. The molecule has 0 aliphatic rings. The zero-order valence-electron chi connectivity index (χ0n) is 13.8. The van der Waals surface area contributed by atoms with Crippen LogP contribution in [0.4, 0.5) is 0 Å². The van der Waals surface area contributed by atoms with E-state index in [9.17, 15) is 4.79 Å². The van der Waals surface area contributed by atoms with Crippen LogP contribution in [-0.4, -0.2) is 18.6 Å². The summed E-state index contributed by atoms with van der Waals surface area (Å²) in [4.78, 5) is 12.1. The van der Waals surface area contributed by atoms with Crippen LogP contribution in [-0.2, 0) is 11.3 Å². The lowest BCUT2D eigenvalue weighted by molar-refractivity contribution is -0.127. The van der Waals surface area contributed by atoms with Gasteiger partial charge in [0.1, 0.15) is 11.5 Å². The number of amides is 1. The van der Waals surface area contributed by atoms with Gasteiger partial charge in [-0.25, -0.2) is 0 Å². The Balaban J connectivity index is 1.87. The highest BCUT2D eigenvalue weighted by atomic mass is 16.5. The van der Waals surface area contributed by atoms with Gasteiger partial charge in [0.25, 0.3) is 5.91 Å². The van der Waals surface area contributed by atoms with Crippen LogP contribution in [0, 0.1) is 6.92 Å². The molecule has 0 aliphatic heterocycles. The van der Waals surface area contributed by atoms with Gasteiger partial charge in [-0.15, -0.1) is 0 Å². The first-order chi connectivity index (χ1) is 11.1. The molecule has 0 bridgehead atoms. The molecule has 1 amide bonds. The molecule has 2 aromatic rings. The van der Waals surface area contributed by atoms with Crippen molar-refractivity contribution in [2.75, 3.05) is 6.61 Å². The summed E-state index contributed by atoms with van der Waals surface area (Å²) < 4.78 is 11.1. The predicted octanol–water partition coefficient (Wildman–Crippen LogP) is 3.48. The molecule has 1 N–H and O–H groups in total. The van der Waals surface area contributed by atoms with E-state index in [1.54, 1.807) is 6.92 Å². The van der Waals surface area contributed by atoms with E-state index in [0.717, 1.165) is 16.9 Å². The molecule has 0 fully saturated rings. The summed E-state index contributed by atoms with van der Waals surface area (Å²) in [6.45, 7) is 6.74. The van der Waals surface area contributed by atoms with Gasteiger partial charge in [0.05, 0.1) is 6.61 Å². The van der Waals surface area contributed by atoms with E-state index in [0.29, 0.717) is 18.9 Å². The Bertz CT molecular complexity index is 655. The van der Waals surface area contributed by atoms with Crippen LogP contribution in [0.15, 0.2) is 48.5 Å². The molecule has 23 heavy (non-hydrogen) atoms. The smallest absolute Gasteiger partial charge is 0.261 e. The fourth-order valence-electron chi connectivity index (χ4n) is 2.19. The number of aryl methyl sites for hydroxylation is 1. The molecule has 0 heterocycles. The van der Waals surface area contributed by atoms with Crippen molar-refractivity contribution in [3.05, 3.63) is 59.7 Å². The van der Waals surface area contributed by atoms with E-state index in [4.69, 9.17) is 9.47 Å². The van der Waals surface area contributed by atoms with Crippen molar-refractivity contribution in [1.82, 2.24) is 5.32 Å². The molecule has 0 saturated carbocycles. The first kappa shape index (κ1) is 16.9. The highest BCUT2D eigenvalue weighted by molar-refractivity contribution is 5.80. The number of ether oxygens (including phenoxy) is 2. The number of rotatable bonds is 7. The average molecular weight is 313 g/mol. The average Bonchev–Trinajstić information content (AvgIpc) is 2.53. The standard InChI is InChI=1S/C19H23NO3/c1-4-22-17-9-6-8-16(12-17)13-20-19(21)15(3)23-18-10-5-7-14(2)11-18/h5-12,15H,4,13H2,1-3H3,(H,20,21)/t15-/m0/s1. The first-order valence-corrected chi connectivity index (χ1v) is 7.81. The maximum absolute atomic E-state index is 12.1. The molecule has 122 valence electrons. The van der Waals surface area contributed by atoms with Gasteiger partial charge in [-0.05, 0) is 56.2 Å². The first-order valence-electron chi connectivity index (χ1n) is 7.81. The van der Waals surface area contributed by atoms with Crippen LogP contribution in [0.25, 0.3) is 0 Å². The van der Waals surface area contributed by atoms with Gasteiger partial charge in [-0.1, -0.05) is 24.3 Å². The fourth-order valence-corrected chi connectivity index (χ4v) is 2.19. The molecular formula is C19H23NO3. The highest BCUT2D eigenvalue weighted by Crippen LogP contribution is 2.15. The van der Waals surface area contributed by atoms with Gasteiger partial charge in [0.2, 0.25) is 0 Å². The molecule has 4 heteroatoms. The lowest BCUT2D eigenvalue weighted by Gasteiger charge is -2.15. The van der Waals surface area contributed by atoms with E-state index in [1.165, 1.54) is 0 Å². The molecule has 0 aliphatic carbocycles. The van der Waals surface area contributed by atoms with Gasteiger partial charge in [-0.3, -0.25) is 4.79 Å². The van der Waals surface area contributed by atoms with Crippen molar-refractivity contribution in [3.8, 4) is 11.5 Å². The van der Waals surface area contributed by atoms with Gasteiger partial charge >= 0.3 is 0 Å². The lowest BCUT2D eigenvalue weighted by Crippen LogP contribution is -2.35. The number of benzene rings is 2. The van der Waals surface area contributed by atoms with Crippen LogP contribution in [0.1, 0.15) is 25.0 Å². The van der Waals surface area contributed by atoms with E-state index in [-0.39, 0.29) is 5.91 Å². The Morgan fingerprint density at radius 3 is 2.61 bits per heavy atom. The molecule has 0 spiro atoms. The minimum atomic E-state index is -0.549. The third-order valence-electron chi connectivity index (χ3n) is 3.35. The summed E-state index contributed by atoms with van der Waals surface area (Å²) in [5, 5.41) is 2.88. The molecule has 0 saturated heterocycles. The second kappa shape index (κ2) is 8.22. The summed E-state index contributed by atoms with van der Waals surface area (Å²) in [6, 6.07) is 15.4. The van der Waals surface area contributed by atoms with Crippen LogP contribution in [0.2, 0.25) is 0 Å². The monoisotopic (exact) mass is 313 g/mol. The van der Waals surface area contributed by atoms with Crippen LogP contribution >= 0.6 is 0 Å². The Labute approximate surface area is 137 Å². The SMILES string of the molecule is CCOc1cccc(CNC(=O)[C@H](C)Oc2cccc(C)c2)c1. The number of hydrogen-bond donors (Lipinski definition) is 1. The number of nitrogens with one attached hydrogen (secondary N) is 1. The lowest BCUT2D eigenvalue weighted by atomic mass is 10.2. The molecule has 0 unspecified atom stereocenters. The summed E-state index contributed by atoms with van der Waals surface area (Å²) in [5.74, 6) is 1.36. The molecule has 2 rings (SSSR count). The fraction of sp³-hybridized carbons (Fsp3) is 0.316. The minimum absolute atomic E-state index is 0.145. The molecule has 0 aromatic heterocycles. The number of carbonyl (C=O) groups is 1. The van der Waals surface area contributed by atoms with E-state index in [1.807, 2.05) is 62.4 Å². The second-order valence-corrected chi connectivity index (χ2v) is 5.37. The maximum Gasteiger partial charge on any atom is 0.261 e. The highest BCUT2D eigenvalue weighted by Gasteiger charge is 2.14. The van der Waals surface area contributed by atoms with Gasteiger partial charge in [-0.2, -0.15) is 0 Å². The molecule has 1 atom stereocenters. The molecule has 0 radical (unpaired) electrons. The van der Waals surface area contributed by atoms with Crippen LogP contribution in [0.3, 0.4) is 0 Å². The summed E-state index contributed by atoms with van der Waals surface area (Å²) in [7, 11) is 0. The Kier molecular flexibility index (Phi) is 6.03. The second-order valence-electron chi connectivity index (χ2n) is 5.37. The summed E-state index contributed by atoms with van der Waals surface area (Å²) >= 11 is 0. The normalized spacial score (nSPS) is 11.6. The van der Waals surface area contributed by atoms with Gasteiger partial charge in [0.15, 0.2) is 6.10 Å². The zero-order valence-corrected chi connectivity index (χ0v) is 13.8. The molecule has 4 nitrogen and oxygen atoms in total. The number of hydrogen-bond acceptors (Lipinski definition) is 3. The minimum Gasteiger partial charge on any atom is -0.494 e. The quantitative estimate of drug-likeness (QED) is 0.851. The molecule has 2 aromatic carbocycles. The largest absolute Gasteiger partial charge is 0.494 e. The van der Waals surface area contributed by atoms with Crippen LogP contribution in [0.5, 0.6) is 11.5 Å². The topological polar surface area (TPSA) is 47.6 Å². The van der Waals surface area contributed by atoms with Gasteiger partial charge in [0, 0.05) is 6.54 Å². The van der Waals surface area contributed by atoms with Crippen molar-refractivity contribution in [2.45, 2.75) is 33.4 Å². The zero-order chi connectivity index (χ0) is 16.7. The van der Waals surface area contributed by atoms with Crippen molar-refractivity contribution in [3.63, 3.8) is 0 Å². The van der Waals surface area contributed by atoms with Crippen molar-refractivity contribution < 1.29 is 14.3 Å². The summed E-state index contributed by atoms with van der Waals surface area (Å²) in [6.07, 6.45) is -0.549. The number of carbonyl (C=O) groups excluding carboxylic acids is 1. The Morgan fingerprint density at radius 2 is 1.87 bits per heavy atom. The maximum atomic E-state index is 12.1.